The van der Waals surface area contributed by atoms with E-state index < -0.39 is 0 Å². The lowest BCUT2D eigenvalue weighted by molar-refractivity contribution is 0.529. The molecule has 0 saturated heterocycles. The lowest BCUT2D eigenvalue weighted by Crippen LogP contribution is -2.30. The van der Waals surface area contributed by atoms with Crippen LogP contribution in [0, 0.1) is 0 Å². The number of benzene rings is 1. The molecule has 0 radical (unpaired) electrons. The Bertz CT molecular complexity index is 275. The lowest BCUT2D eigenvalue weighted by atomic mass is 10.1. The van der Waals surface area contributed by atoms with Gasteiger partial charge in [0.05, 0.1) is 0 Å². The molecule has 1 aromatic rings. The number of rotatable bonds is 1. The molecule has 12 heavy (non-hydrogen) atoms. The van der Waals surface area contributed by atoms with Crippen LogP contribution in [-0.2, 0) is 0 Å². The van der Waals surface area contributed by atoms with Crippen LogP contribution in [0.2, 0.25) is 0 Å². The molecule has 1 heterocycles. The Morgan fingerprint density at radius 1 is 1.42 bits per heavy atom. The molecule has 3 heteroatoms. The number of thioether (sulfide) groups is 1. The van der Waals surface area contributed by atoms with E-state index >= 15 is 0 Å². The zero-order valence-corrected chi connectivity index (χ0v) is 7.60. The standard InChI is InChI=1S/C9H12N2S/c10-11-8-5-6-12-9-4-2-1-3-7(8)9/h1-4,8,11H,5-6,10H2/t8-/m1/s1. The third-order valence-electron chi connectivity index (χ3n) is 2.16. The van der Waals surface area contributed by atoms with Crippen molar-refractivity contribution in [3.63, 3.8) is 0 Å². The van der Waals surface area contributed by atoms with Crippen LogP contribution >= 0.6 is 11.8 Å². The van der Waals surface area contributed by atoms with Gasteiger partial charge < -0.3 is 0 Å². The van der Waals surface area contributed by atoms with Gasteiger partial charge in [0.1, 0.15) is 0 Å². The van der Waals surface area contributed by atoms with Crippen molar-refractivity contribution in [1.29, 1.82) is 0 Å². The third-order valence-corrected chi connectivity index (χ3v) is 3.28. The molecular weight excluding hydrogens is 168 g/mol. The summed E-state index contributed by atoms with van der Waals surface area (Å²) in [6.07, 6.45) is 1.12. The number of nitrogens with two attached hydrogens (primary N) is 1. The van der Waals surface area contributed by atoms with Crippen LogP contribution in [-0.4, -0.2) is 5.75 Å². The molecule has 0 amide bonds. The molecule has 0 aromatic heterocycles. The minimum Gasteiger partial charge on any atom is -0.271 e. The fourth-order valence-corrected chi connectivity index (χ4v) is 2.64. The SMILES string of the molecule is NN[C@@H]1CCSc2ccccc21. The first kappa shape index (κ1) is 8.10. The zero-order chi connectivity index (χ0) is 8.39. The van der Waals surface area contributed by atoms with Gasteiger partial charge in [0.15, 0.2) is 0 Å². The van der Waals surface area contributed by atoms with Crippen molar-refractivity contribution < 1.29 is 0 Å². The van der Waals surface area contributed by atoms with Crippen molar-refractivity contribution in [3.8, 4) is 0 Å². The highest BCUT2D eigenvalue weighted by Crippen LogP contribution is 2.35. The van der Waals surface area contributed by atoms with Crippen molar-refractivity contribution in [2.75, 3.05) is 5.75 Å². The predicted octanol–water partition coefficient (Wildman–Crippen LogP) is 1.69. The Hall–Kier alpha value is -0.510. The first-order valence-corrected chi connectivity index (χ1v) is 5.08. The second kappa shape index (κ2) is 3.47. The molecule has 0 spiro atoms. The molecule has 1 aliphatic heterocycles. The highest BCUT2D eigenvalue weighted by molar-refractivity contribution is 7.99. The van der Waals surface area contributed by atoms with Crippen molar-refractivity contribution >= 4 is 11.8 Å². The molecule has 1 aliphatic rings. The molecule has 2 rings (SSSR count). The topological polar surface area (TPSA) is 38.0 Å². The van der Waals surface area contributed by atoms with Gasteiger partial charge >= 0.3 is 0 Å². The van der Waals surface area contributed by atoms with Gasteiger partial charge in [-0.1, -0.05) is 18.2 Å². The van der Waals surface area contributed by atoms with Crippen LogP contribution in [0.3, 0.4) is 0 Å². The summed E-state index contributed by atoms with van der Waals surface area (Å²) in [6, 6.07) is 8.79. The summed E-state index contributed by atoms with van der Waals surface area (Å²) in [5, 5.41) is 0. The first-order valence-electron chi connectivity index (χ1n) is 4.09. The summed E-state index contributed by atoms with van der Waals surface area (Å²) in [4.78, 5) is 1.37. The van der Waals surface area contributed by atoms with Gasteiger partial charge in [0.25, 0.3) is 0 Å². The lowest BCUT2D eigenvalue weighted by Gasteiger charge is -2.23. The second-order valence-corrected chi connectivity index (χ2v) is 4.03. The van der Waals surface area contributed by atoms with Crippen molar-refractivity contribution in [1.82, 2.24) is 5.43 Å². The van der Waals surface area contributed by atoms with Crippen molar-refractivity contribution in [2.45, 2.75) is 17.4 Å². The Balaban J connectivity index is 2.37. The minimum absolute atomic E-state index is 0.349. The summed E-state index contributed by atoms with van der Waals surface area (Å²) in [5.74, 6) is 6.62. The number of fused-ring (bicyclic) bond motifs is 1. The molecule has 2 nitrogen and oxygen atoms in total. The van der Waals surface area contributed by atoms with E-state index in [0.29, 0.717) is 6.04 Å². The van der Waals surface area contributed by atoms with Crippen LogP contribution in [0.1, 0.15) is 18.0 Å². The maximum Gasteiger partial charge on any atom is 0.0479 e. The van der Waals surface area contributed by atoms with Gasteiger partial charge in [-0.2, -0.15) is 0 Å². The molecule has 0 fully saturated rings. The molecule has 0 aliphatic carbocycles. The second-order valence-electron chi connectivity index (χ2n) is 2.89. The maximum atomic E-state index is 5.46. The highest BCUT2D eigenvalue weighted by atomic mass is 32.2. The van der Waals surface area contributed by atoms with Gasteiger partial charge in [0.2, 0.25) is 0 Å². The zero-order valence-electron chi connectivity index (χ0n) is 6.79. The van der Waals surface area contributed by atoms with E-state index in [9.17, 15) is 0 Å². The van der Waals surface area contributed by atoms with E-state index in [1.807, 2.05) is 11.8 Å². The minimum atomic E-state index is 0.349. The summed E-state index contributed by atoms with van der Waals surface area (Å²) in [7, 11) is 0. The largest absolute Gasteiger partial charge is 0.271 e. The molecule has 0 saturated carbocycles. The highest BCUT2D eigenvalue weighted by Gasteiger charge is 2.18. The monoisotopic (exact) mass is 180 g/mol. The molecule has 64 valence electrons. The van der Waals surface area contributed by atoms with Crippen LogP contribution in [0.5, 0.6) is 0 Å². The summed E-state index contributed by atoms with van der Waals surface area (Å²) in [5.41, 5.74) is 4.19. The van der Waals surface area contributed by atoms with Crippen LogP contribution in [0.25, 0.3) is 0 Å². The predicted molar refractivity (Wildman–Crippen MR) is 51.8 cm³/mol. The van der Waals surface area contributed by atoms with Gasteiger partial charge in [0, 0.05) is 10.9 Å². The van der Waals surface area contributed by atoms with Crippen LogP contribution < -0.4 is 11.3 Å². The quantitative estimate of drug-likeness (QED) is 0.510. The molecular formula is C9H12N2S. The van der Waals surface area contributed by atoms with E-state index in [0.717, 1.165) is 12.2 Å². The summed E-state index contributed by atoms with van der Waals surface area (Å²) < 4.78 is 0. The maximum absolute atomic E-state index is 5.46. The van der Waals surface area contributed by atoms with E-state index in [2.05, 4.69) is 29.7 Å². The summed E-state index contributed by atoms with van der Waals surface area (Å²) >= 11 is 1.91. The Morgan fingerprint density at radius 3 is 3.08 bits per heavy atom. The molecule has 1 atom stereocenters. The molecule has 3 N–H and O–H groups in total. The van der Waals surface area contributed by atoms with Gasteiger partial charge in [-0.15, -0.1) is 11.8 Å². The van der Waals surface area contributed by atoms with E-state index in [4.69, 9.17) is 5.84 Å². The van der Waals surface area contributed by atoms with Gasteiger partial charge in [-0.3, -0.25) is 11.3 Å². The average Bonchev–Trinajstić information content (AvgIpc) is 2.17. The van der Waals surface area contributed by atoms with Crippen molar-refractivity contribution in [3.05, 3.63) is 29.8 Å². The number of hydrogen-bond acceptors (Lipinski definition) is 3. The molecule has 0 bridgehead atoms. The number of hydrogen-bond donors (Lipinski definition) is 2. The fraction of sp³-hybridized carbons (Fsp3) is 0.333. The van der Waals surface area contributed by atoms with Crippen LogP contribution in [0.4, 0.5) is 0 Å². The Kier molecular flexibility index (Phi) is 2.35. The smallest absolute Gasteiger partial charge is 0.0479 e. The summed E-state index contributed by atoms with van der Waals surface area (Å²) in [6.45, 7) is 0. The van der Waals surface area contributed by atoms with Gasteiger partial charge in [-0.05, 0) is 23.8 Å². The van der Waals surface area contributed by atoms with E-state index in [1.54, 1.807) is 0 Å². The third kappa shape index (κ3) is 1.35. The Labute approximate surface area is 76.5 Å². The fourth-order valence-electron chi connectivity index (χ4n) is 1.52. The first-order chi connectivity index (χ1) is 5.92. The number of nitrogens with one attached hydrogen (secondary N) is 1. The van der Waals surface area contributed by atoms with E-state index in [1.165, 1.54) is 10.5 Å². The Morgan fingerprint density at radius 2 is 2.25 bits per heavy atom. The van der Waals surface area contributed by atoms with Crippen LogP contribution in [0.15, 0.2) is 29.2 Å². The molecule has 0 unspecified atom stereocenters. The molecule has 1 aromatic carbocycles. The van der Waals surface area contributed by atoms with Gasteiger partial charge in [-0.25, -0.2) is 0 Å². The average molecular weight is 180 g/mol. The normalized spacial score (nSPS) is 21.9. The van der Waals surface area contributed by atoms with Crippen molar-refractivity contribution in [2.24, 2.45) is 5.84 Å². The van der Waals surface area contributed by atoms with E-state index in [-0.39, 0.29) is 0 Å². The number of hydrazine groups is 1.